The summed E-state index contributed by atoms with van der Waals surface area (Å²) in [6.07, 6.45) is 12.1. The molecule has 2 aliphatic rings. The Balaban J connectivity index is 1.30. The maximum atomic E-state index is 13.8. The highest BCUT2D eigenvalue weighted by molar-refractivity contribution is 6.19. The second-order valence-corrected chi connectivity index (χ2v) is 14.3. The zero-order chi connectivity index (χ0) is 40.3. The molecule has 56 heavy (non-hydrogen) atoms. The fraction of sp³-hybridized carbons (Fsp3) is 0.524. The third-order valence-corrected chi connectivity index (χ3v) is 9.92. The molecule has 2 aromatic carbocycles. The first-order chi connectivity index (χ1) is 27.2. The number of aliphatic imine (C=N–C) groups is 1. The third-order valence-electron chi connectivity index (χ3n) is 9.66. The van der Waals surface area contributed by atoms with E-state index in [2.05, 4.69) is 15.6 Å². The van der Waals surface area contributed by atoms with Gasteiger partial charge < -0.3 is 39.2 Å². The molecular weight excluding hydrogens is 738 g/mol. The van der Waals surface area contributed by atoms with Crippen molar-refractivity contribution in [1.29, 1.82) is 0 Å². The molecule has 2 N–H and O–H groups in total. The molecule has 0 saturated heterocycles. The van der Waals surface area contributed by atoms with Crippen LogP contribution in [0, 0.1) is 5.92 Å². The zero-order valence-electron chi connectivity index (χ0n) is 33.4. The molecule has 1 aliphatic carbocycles. The van der Waals surface area contributed by atoms with Crippen molar-refractivity contribution in [3.05, 3.63) is 59.3 Å². The Kier molecular flexibility index (Phi) is 18.5. The molecule has 3 amide bonds. The number of amidine groups is 1. The van der Waals surface area contributed by atoms with E-state index in [9.17, 15) is 14.4 Å². The summed E-state index contributed by atoms with van der Waals surface area (Å²) in [5.41, 5.74) is 2.77. The summed E-state index contributed by atoms with van der Waals surface area (Å²) in [4.78, 5) is 48.0. The van der Waals surface area contributed by atoms with Gasteiger partial charge in [0.25, 0.3) is 5.91 Å². The van der Waals surface area contributed by atoms with Crippen molar-refractivity contribution >= 4 is 53.0 Å². The van der Waals surface area contributed by atoms with Crippen molar-refractivity contribution in [3.8, 4) is 17.2 Å². The van der Waals surface area contributed by atoms with Crippen LogP contribution < -0.4 is 29.7 Å². The summed E-state index contributed by atoms with van der Waals surface area (Å²) in [7, 11) is 8.54. The van der Waals surface area contributed by atoms with Crippen molar-refractivity contribution < 1.29 is 38.1 Å². The number of carbonyl (C=O) groups excluding carboxylic acids is 3. The number of carbonyl (C=O) groups is 3. The number of anilines is 1. The summed E-state index contributed by atoms with van der Waals surface area (Å²) < 4.78 is 27.6. The van der Waals surface area contributed by atoms with Gasteiger partial charge in [-0.2, -0.15) is 0 Å². The highest BCUT2D eigenvalue weighted by Gasteiger charge is 2.32. The lowest BCUT2D eigenvalue weighted by atomic mass is 9.85. The zero-order valence-corrected chi connectivity index (χ0v) is 34.2. The van der Waals surface area contributed by atoms with Crippen molar-refractivity contribution in [1.82, 2.24) is 15.5 Å². The minimum atomic E-state index is -0.382. The van der Waals surface area contributed by atoms with Gasteiger partial charge in [-0.3, -0.25) is 19.3 Å². The number of ether oxygens (including phenoxy) is 5. The first kappa shape index (κ1) is 44.1. The minimum Gasteiger partial charge on any atom is -0.493 e. The topological polar surface area (TPSA) is 140 Å². The van der Waals surface area contributed by atoms with Crippen LogP contribution in [0.3, 0.4) is 0 Å². The largest absolute Gasteiger partial charge is 0.493 e. The predicted molar refractivity (Wildman–Crippen MR) is 221 cm³/mol. The molecule has 0 spiro atoms. The Hall–Kier alpha value is -4.59. The molecule has 306 valence electrons. The Morgan fingerprint density at radius 1 is 0.857 bits per heavy atom. The van der Waals surface area contributed by atoms with Gasteiger partial charge in [0, 0.05) is 50.8 Å². The molecule has 1 aliphatic heterocycles. The number of unbranched alkanes of at least 4 members (excludes halogenated alkanes) is 3. The molecule has 14 heteroatoms. The fourth-order valence-electron chi connectivity index (χ4n) is 6.52. The second-order valence-electron chi connectivity index (χ2n) is 13.9. The lowest BCUT2D eigenvalue weighted by Gasteiger charge is -2.29. The summed E-state index contributed by atoms with van der Waals surface area (Å²) in [5.74, 6) is 1.65. The van der Waals surface area contributed by atoms with Gasteiger partial charge in [-0.15, -0.1) is 11.6 Å². The Labute approximate surface area is 336 Å². The highest BCUT2D eigenvalue weighted by atomic mass is 35.5. The predicted octanol–water partition coefficient (Wildman–Crippen LogP) is 5.70. The van der Waals surface area contributed by atoms with Crippen molar-refractivity contribution in [3.63, 3.8) is 0 Å². The van der Waals surface area contributed by atoms with E-state index in [1.165, 1.54) is 12.0 Å². The number of alkyl halides is 1. The second kappa shape index (κ2) is 23.5. The van der Waals surface area contributed by atoms with Gasteiger partial charge >= 0.3 is 0 Å². The standard InChI is InChI=1S/C42H58ClN5O8/c1-47(2)34-17-10-30(11-18-34)26-35-42(51)48(38(46-35)19-12-31-27-36(52-3)40(54-5)37(28-31)53-4)29-39(49)45-33-15-13-32(14-16-33)41(50)44-21-23-56-25-24-55-22-9-7-6-8-20-43/h10-12,17-19,26-28,32-33H,6-9,13-16,20-25,29H2,1-5H3,(H,44,50)(H,45,49)/b19-12+,35-26-. The number of nitrogens with one attached hydrogen (secondary N) is 2. The quantitative estimate of drug-likeness (QED) is 0.0825. The van der Waals surface area contributed by atoms with Gasteiger partial charge in [-0.1, -0.05) is 31.1 Å². The van der Waals surface area contributed by atoms with Gasteiger partial charge in [0.15, 0.2) is 11.5 Å². The minimum absolute atomic E-state index is 0.00430. The molecule has 0 unspecified atom stereocenters. The van der Waals surface area contributed by atoms with E-state index in [0.717, 1.165) is 43.5 Å². The molecule has 1 saturated carbocycles. The molecule has 0 bridgehead atoms. The molecule has 4 rings (SSSR count). The maximum absolute atomic E-state index is 13.8. The van der Waals surface area contributed by atoms with Crippen LogP contribution in [0.25, 0.3) is 12.2 Å². The van der Waals surface area contributed by atoms with E-state index in [4.69, 9.17) is 35.3 Å². The van der Waals surface area contributed by atoms with Gasteiger partial charge in [0.2, 0.25) is 17.6 Å². The average Bonchev–Trinajstić information content (AvgIpc) is 3.49. The maximum Gasteiger partial charge on any atom is 0.278 e. The number of methoxy groups -OCH3 is 3. The van der Waals surface area contributed by atoms with Gasteiger partial charge in [0.1, 0.15) is 18.1 Å². The van der Waals surface area contributed by atoms with Crippen LogP contribution in [-0.4, -0.2) is 115 Å². The Morgan fingerprint density at radius 3 is 2.14 bits per heavy atom. The van der Waals surface area contributed by atoms with Gasteiger partial charge in [0.05, 0.1) is 41.2 Å². The van der Waals surface area contributed by atoms with Crippen molar-refractivity contribution in [2.75, 3.05) is 85.7 Å². The Morgan fingerprint density at radius 2 is 1.52 bits per heavy atom. The van der Waals surface area contributed by atoms with Crippen LogP contribution in [-0.2, 0) is 23.9 Å². The van der Waals surface area contributed by atoms with E-state index >= 15 is 0 Å². The number of benzene rings is 2. The van der Waals surface area contributed by atoms with Gasteiger partial charge in [-0.05, 0) is 86.1 Å². The fourth-order valence-corrected chi connectivity index (χ4v) is 6.71. The van der Waals surface area contributed by atoms with E-state index in [1.54, 1.807) is 44.6 Å². The van der Waals surface area contributed by atoms with Crippen molar-refractivity contribution in [2.45, 2.75) is 57.4 Å². The first-order valence-electron chi connectivity index (χ1n) is 19.3. The summed E-state index contributed by atoms with van der Waals surface area (Å²) >= 11 is 5.70. The smallest absolute Gasteiger partial charge is 0.278 e. The molecule has 0 atom stereocenters. The summed E-state index contributed by atoms with van der Waals surface area (Å²) in [6.45, 7) is 2.40. The van der Waals surface area contributed by atoms with Crippen LogP contribution in [0.2, 0.25) is 0 Å². The first-order valence-corrected chi connectivity index (χ1v) is 19.9. The van der Waals surface area contributed by atoms with E-state index in [0.29, 0.717) is 86.6 Å². The number of hydrogen-bond acceptors (Lipinski definition) is 10. The van der Waals surface area contributed by atoms with Crippen LogP contribution in [0.1, 0.15) is 62.5 Å². The molecule has 2 aromatic rings. The van der Waals surface area contributed by atoms with Gasteiger partial charge in [-0.25, -0.2) is 4.99 Å². The van der Waals surface area contributed by atoms with E-state index < -0.39 is 0 Å². The molecule has 1 fully saturated rings. The normalized spacial score (nSPS) is 17.6. The van der Waals surface area contributed by atoms with Crippen LogP contribution >= 0.6 is 11.6 Å². The van der Waals surface area contributed by atoms with Crippen molar-refractivity contribution in [2.24, 2.45) is 10.9 Å². The van der Waals surface area contributed by atoms with E-state index in [-0.39, 0.29) is 41.9 Å². The Bertz CT molecular complexity index is 1650. The molecule has 13 nitrogen and oxygen atoms in total. The highest BCUT2D eigenvalue weighted by Crippen LogP contribution is 2.38. The molecular formula is C42H58ClN5O8. The molecule has 1 heterocycles. The number of halogens is 1. The van der Waals surface area contributed by atoms with Crippen LogP contribution in [0.15, 0.2) is 53.2 Å². The SMILES string of the molecule is COc1cc(/C=C/C2=NC(=C\c3ccc(N(C)C)cc3)/C(=O)N2CC(=O)NC2CCC(C(=O)NCCOCCOCCCCCCCl)CC2)cc(OC)c1OC. The molecule has 0 aromatic heterocycles. The number of amides is 3. The van der Waals surface area contributed by atoms with Crippen LogP contribution in [0.4, 0.5) is 5.69 Å². The number of hydrogen-bond donors (Lipinski definition) is 2. The monoisotopic (exact) mass is 795 g/mol. The van der Waals surface area contributed by atoms with Crippen LogP contribution in [0.5, 0.6) is 17.2 Å². The summed E-state index contributed by atoms with van der Waals surface area (Å²) in [6, 6.07) is 11.2. The summed E-state index contributed by atoms with van der Waals surface area (Å²) in [5, 5.41) is 6.06. The molecule has 0 radical (unpaired) electrons. The lowest BCUT2D eigenvalue weighted by molar-refractivity contribution is -0.129. The number of rotatable bonds is 23. The van der Waals surface area contributed by atoms with E-state index in [1.807, 2.05) is 43.3 Å². The average molecular weight is 796 g/mol. The lowest BCUT2D eigenvalue weighted by Crippen LogP contribution is -2.46. The number of nitrogens with zero attached hydrogens (tertiary/aromatic N) is 3. The third kappa shape index (κ3) is 13.6.